The van der Waals surface area contributed by atoms with E-state index in [9.17, 15) is 13.2 Å². The molecule has 186 valence electrons. The van der Waals surface area contributed by atoms with Crippen LogP contribution in [0.3, 0.4) is 0 Å². The highest BCUT2D eigenvalue weighted by Gasteiger charge is 2.19. The van der Waals surface area contributed by atoms with E-state index in [0.717, 1.165) is 0 Å². The van der Waals surface area contributed by atoms with Gasteiger partial charge in [-0.3, -0.25) is 0 Å². The molecule has 0 amide bonds. The standard InChI is InChI=1S/C24H31NO8S/c1-6-33-24(26)9-11-25-20-13-17(7-8-21(20)30-3)16-34(27,28)12-10-19-22(31-4)14-18(29-2)15-23(19)32-5/h7-9,11,13-15,25H,6,10,12,16H2,1-5H3/b11-9-. The van der Waals surface area contributed by atoms with Crippen molar-refractivity contribution in [3.63, 3.8) is 0 Å². The summed E-state index contributed by atoms with van der Waals surface area (Å²) in [5.74, 6) is 1.28. The van der Waals surface area contributed by atoms with Crippen LogP contribution < -0.4 is 24.3 Å². The van der Waals surface area contributed by atoms with Crippen molar-refractivity contribution in [3.8, 4) is 23.0 Å². The summed E-state index contributed by atoms with van der Waals surface area (Å²) in [5, 5.41) is 2.93. The first-order valence-corrected chi connectivity index (χ1v) is 12.3. The van der Waals surface area contributed by atoms with E-state index in [0.29, 0.717) is 39.8 Å². The summed E-state index contributed by atoms with van der Waals surface area (Å²) in [6, 6.07) is 8.40. The molecule has 0 aliphatic heterocycles. The number of methoxy groups -OCH3 is 4. The van der Waals surface area contributed by atoms with Gasteiger partial charge < -0.3 is 29.0 Å². The first-order valence-electron chi connectivity index (χ1n) is 10.5. The van der Waals surface area contributed by atoms with Crippen LogP contribution in [0.5, 0.6) is 23.0 Å². The summed E-state index contributed by atoms with van der Waals surface area (Å²) in [6.07, 6.45) is 2.86. The van der Waals surface area contributed by atoms with Crippen LogP contribution in [-0.2, 0) is 31.5 Å². The third-order valence-corrected chi connectivity index (χ3v) is 6.47. The first-order chi connectivity index (χ1) is 16.3. The molecule has 0 saturated carbocycles. The lowest BCUT2D eigenvalue weighted by atomic mass is 10.1. The number of esters is 1. The summed E-state index contributed by atoms with van der Waals surface area (Å²) in [5.41, 5.74) is 1.74. The van der Waals surface area contributed by atoms with E-state index >= 15 is 0 Å². The van der Waals surface area contributed by atoms with Gasteiger partial charge in [0.1, 0.15) is 23.0 Å². The van der Waals surface area contributed by atoms with Gasteiger partial charge in [0.25, 0.3) is 0 Å². The second-order valence-corrected chi connectivity index (χ2v) is 9.30. The van der Waals surface area contributed by atoms with Gasteiger partial charge in [0.2, 0.25) is 0 Å². The van der Waals surface area contributed by atoms with E-state index in [4.69, 9.17) is 23.7 Å². The minimum atomic E-state index is -3.48. The summed E-state index contributed by atoms with van der Waals surface area (Å²) < 4.78 is 52.0. The largest absolute Gasteiger partial charge is 0.496 e. The van der Waals surface area contributed by atoms with Gasteiger partial charge in [-0.05, 0) is 31.0 Å². The smallest absolute Gasteiger partial charge is 0.332 e. The van der Waals surface area contributed by atoms with Gasteiger partial charge in [0.15, 0.2) is 9.84 Å². The van der Waals surface area contributed by atoms with Crippen molar-refractivity contribution < 1.29 is 36.9 Å². The molecule has 0 aromatic heterocycles. The van der Waals surface area contributed by atoms with Crippen LogP contribution in [0.15, 0.2) is 42.6 Å². The average molecular weight is 494 g/mol. The molecular formula is C24H31NO8S. The number of rotatable bonds is 13. The van der Waals surface area contributed by atoms with E-state index in [1.807, 2.05) is 0 Å². The number of sulfone groups is 1. The van der Waals surface area contributed by atoms with Crippen LogP contribution in [0.4, 0.5) is 5.69 Å². The van der Waals surface area contributed by atoms with Gasteiger partial charge >= 0.3 is 5.97 Å². The Hall–Kier alpha value is -3.40. The molecule has 0 aliphatic carbocycles. The molecule has 0 spiro atoms. The Kier molecular flexibility index (Phi) is 10.1. The van der Waals surface area contributed by atoms with Crippen LogP contribution in [0.25, 0.3) is 0 Å². The zero-order chi connectivity index (χ0) is 25.1. The van der Waals surface area contributed by atoms with Crippen LogP contribution in [0.2, 0.25) is 0 Å². The molecule has 0 radical (unpaired) electrons. The normalized spacial score (nSPS) is 11.2. The van der Waals surface area contributed by atoms with E-state index in [1.165, 1.54) is 40.7 Å². The van der Waals surface area contributed by atoms with Crippen molar-refractivity contribution in [2.45, 2.75) is 19.1 Å². The van der Waals surface area contributed by atoms with Gasteiger partial charge in [-0.1, -0.05) is 6.07 Å². The fourth-order valence-electron chi connectivity index (χ4n) is 3.26. The SMILES string of the molecule is CCOC(=O)/C=C\Nc1cc(CS(=O)(=O)CCc2c(OC)cc(OC)cc2OC)ccc1OC. The molecule has 0 atom stereocenters. The molecule has 2 aromatic rings. The van der Waals surface area contributed by atoms with E-state index in [-0.39, 0.29) is 24.5 Å². The number of hydrogen-bond acceptors (Lipinski definition) is 9. The summed E-state index contributed by atoms with van der Waals surface area (Å²) in [7, 11) is 2.57. The van der Waals surface area contributed by atoms with E-state index in [1.54, 1.807) is 37.3 Å². The van der Waals surface area contributed by atoms with Crippen molar-refractivity contribution in [1.29, 1.82) is 0 Å². The summed E-state index contributed by atoms with van der Waals surface area (Å²) >= 11 is 0. The molecule has 0 unspecified atom stereocenters. The molecule has 34 heavy (non-hydrogen) atoms. The highest BCUT2D eigenvalue weighted by atomic mass is 32.2. The van der Waals surface area contributed by atoms with Gasteiger partial charge in [-0.15, -0.1) is 0 Å². The fourth-order valence-corrected chi connectivity index (χ4v) is 4.60. The predicted molar refractivity (Wildman–Crippen MR) is 130 cm³/mol. The highest BCUT2D eigenvalue weighted by molar-refractivity contribution is 7.90. The zero-order valence-electron chi connectivity index (χ0n) is 20.0. The molecular weight excluding hydrogens is 462 g/mol. The lowest BCUT2D eigenvalue weighted by molar-refractivity contribution is -0.137. The molecule has 0 fully saturated rings. The quantitative estimate of drug-likeness (QED) is 0.332. The van der Waals surface area contributed by atoms with Crippen molar-refractivity contribution in [2.75, 3.05) is 46.1 Å². The zero-order valence-corrected chi connectivity index (χ0v) is 20.9. The molecule has 0 saturated heterocycles. The summed E-state index contributed by atoms with van der Waals surface area (Å²) in [4.78, 5) is 11.5. The lowest BCUT2D eigenvalue weighted by Gasteiger charge is -2.15. The topological polar surface area (TPSA) is 109 Å². The molecule has 2 aromatic carbocycles. The van der Waals surface area contributed by atoms with Crippen LogP contribution in [0.1, 0.15) is 18.1 Å². The molecule has 1 N–H and O–H groups in total. The molecule has 2 rings (SSSR count). The Balaban J connectivity index is 2.17. The highest BCUT2D eigenvalue weighted by Crippen LogP contribution is 2.35. The number of ether oxygens (including phenoxy) is 5. The van der Waals surface area contributed by atoms with Gasteiger partial charge in [0.05, 0.1) is 52.2 Å². The van der Waals surface area contributed by atoms with Gasteiger partial charge in [0, 0.05) is 30.0 Å². The maximum absolute atomic E-state index is 12.9. The van der Waals surface area contributed by atoms with Crippen molar-refractivity contribution in [1.82, 2.24) is 0 Å². The Bertz CT molecular complexity index is 1090. The second kappa shape index (κ2) is 12.7. The van der Waals surface area contributed by atoms with E-state index < -0.39 is 15.8 Å². The average Bonchev–Trinajstić information content (AvgIpc) is 2.82. The minimum Gasteiger partial charge on any atom is -0.496 e. The fraction of sp³-hybridized carbons (Fsp3) is 0.375. The van der Waals surface area contributed by atoms with Crippen LogP contribution in [-0.4, -0.2) is 55.2 Å². The third kappa shape index (κ3) is 7.58. The number of nitrogens with one attached hydrogen (secondary N) is 1. The Morgan fingerprint density at radius 3 is 2.15 bits per heavy atom. The monoisotopic (exact) mass is 493 g/mol. The maximum Gasteiger partial charge on any atom is 0.332 e. The minimum absolute atomic E-state index is 0.108. The predicted octanol–water partition coefficient (Wildman–Crippen LogP) is 3.37. The van der Waals surface area contributed by atoms with Crippen molar-refractivity contribution in [3.05, 3.63) is 53.7 Å². The van der Waals surface area contributed by atoms with Gasteiger partial charge in [-0.2, -0.15) is 0 Å². The van der Waals surface area contributed by atoms with Crippen LogP contribution in [0, 0.1) is 0 Å². The Labute approximate surface area is 200 Å². The van der Waals surface area contributed by atoms with Crippen molar-refractivity contribution >= 4 is 21.5 Å². The molecule has 10 heteroatoms. The summed E-state index contributed by atoms with van der Waals surface area (Å²) in [6.45, 7) is 1.99. The molecule has 0 aliphatic rings. The first kappa shape index (κ1) is 26.8. The number of hydrogen-bond donors (Lipinski definition) is 1. The number of anilines is 1. The van der Waals surface area contributed by atoms with Crippen LogP contribution >= 0.6 is 0 Å². The molecule has 9 nitrogen and oxygen atoms in total. The second-order valence-electron chi connectivity index (χ2n) is 7.12. The van der Waals surface area contributed by atoms with Crippen molar-refractivity contribution in [2.24, 2.45) is 0 Å². The molecule has 0 heterocycles. The molecule has 0 bridgehead atoms. The number of carbonyl (C=O) groups is 1. The van der Waals surface area contributed by atoms with E-state index in [2.05, 4.69) is 5.32 Å². The lowest BCUT2D eigenvalue weighted by Crippen LogP contribution is -2.13. The third-order valence-electron chi connectivity index (χ3n) is 4.88. The van der Waals surface area contributed by atoms with Gasteiger partial charge in [-0.25, -0.2) is 13.2 Å². The Morgan fingerprint density at radius 2 is 1.59 bits per heavy atom. The maximum atomic E-state index is 12.9. The Morgan fingerprint density at radius 1 is 0.941 bits per heavy atom. The number of carbonyl (C=O) groups excluding carboxylic acids is 1. The number of benzene rings is 2.